The lowest BCUT2D eigenvalue weighted by Gasteiger charge is -2.51. The van der Waals surface area contributed by atoms with Crippen LogP contribution in [0.3, 0.4) is 0 Å². The molecule has 24 heavy (non-hydrogen) atoms. The van der Waals surface area contributed by atoms with E-state index in [1.54, 1.807) is 0 Å². The Morgan fingerprint density at radius 2 is 1.83 bits per heavy atom. The van der Waals surface area contributed by atoms with Crippen LogP contribution in [0.2, 0.25) is 0 Å². The van der Waals surface area contributed by atoms with Gasteiger partial charge in [0.05, 0.1) is 26.4 Å². The maximum absolute atomic E-state index is 13.0. The molecule has 0 aromatic carbocycles. The Balaban J connectivity index is 1.58. The minimum atomic E-state index is -0.653. The number of alkyl carbamates (subject to hydrolysis) is 1. The SMILES string of the molecule is CC(C)(C)OC(=O)NCC1(C(=O)N2CCCC3(COC3)C2)COC1. The summed E-state index contributed by atoms with van der Waals surface area (Å²) in [6.45, 7) is 9.40. The topological polar surface area (TPSA) is 77.1 Å². The van der Waals surface area contributed by atoms with E-state index in [1.165, 1.54) is 0 Å². The van der Waals surface area contributed by atoms with Gasteiger partial charge in [-0.05, 0) is 33.6 Å². The van der Waals surface area contributed by atoms with Crippen LogP contribution < -0.4 is 5.32 Å². The molecule has 0 unspecified atom stereocenters. The third kappa shape index (κ3) is 3.52. The van der Waals surface area contributed by atoms with Crippen molar-refractivity contribution in [3.63, 3.8) is 0 Å². The fourth-order valence-electron chi connectivity index (χ4n) is 3.55. The third-order valence-electron chi connectivity index (χ3n) is 4.95. The van der Waals surface area contributed by atoms with Gasteiger partial charge in [-0.1, -0.05) is 0 Å². The van der Waals surface area contributed by atoms with Gasteiger partial charge < -0.3 is 24.4 Å². The standard InChI is InChI=1S/C17H28N2O5/c1-15(2,3)24-14(21)18-7-17(11-23-12-17)13(20)19-6-4-5-16(8-19)9-22-10-16/h4-12H2,1-3H3,(H,18,21). The second-order valence-corrected chi connectivity index (χ2v) is 8.45. The molecule has 1 spiro atoms. The molecule has 3 saturated heterocycles. The first-order valence-corrected chi connectivity index (χ1v) is 8.66. The second-order valence-electron chi connectivity index (χ2n) is 8.45. The number of carbonyl (C=O) groups excluding carboxylic acids is 2. The highest BCUT2D eigenvalue weighted by molar-refractivity contribution is 5.85. The molecular formula is C17H28N2O5. The molecule has 3 heterocycles. The van der Waals surface area contributed by atoms with Crippen molar-refractivity contribution in [3.8, 4) is 0 Å². The Morgan fingerprint density at radius 3 is 2.33 bits per heavy atom. The average Bonchev–Trinajstić information content (AvgIpc) is 2.42. The van der Waals surface area contributed by atoms with E-state index in [1.807, 2.05) is 25.7 Å². The number of likely N-dealkylation sites (tertiary alicyclic amines) is 1. The van der Waals surface area contributed by atoms with Crippen LogP contribution in [-0.2, 0) is 19.0 Å². The Morgan fingerprint density at radius 1 is 1.17 bits per heavy atom. The van der Waals surface area contributed by atoms with E-state index in [4.69, 9.17) is 14.2 Å². The van der Waals surface area contributed by atoms with Gasteiger partial charge in [-0.25, -0.2) is 4.79 Å². The fraction of sp³-hybridized carbons (Fsp3) is 0.882. The first-order valence-electron chi connectivity index (χ1n) is 8.66. The number of amides is 2. The Hall–Kier alpha value is -1.34. The number of nitrogens with zero attached hydrogens (tertiary/aromatic N) is 1. The normalized spacial score (nSPS) is 24.7. The van der Waals surface area contributed by atoms with Crippen LogP contribution in [0.15, 0.2) is 0 Å². The van der Waals surface area contributed by atoms with Crippen LogP contribution in [0.25, 0.3) is 0 Å². The molecule has 2 amide bonds. The molecule has 0 aromatic heterocycles. The molecule has 1 N–H and O–H groups in total. The van der Waals surface area contributed by atoms with Crippen molar-refractivity contribution in [2.45, 2.75) is 39.2 Å². The molecule has 3 rings (SSSR count). The summed E-state index contributed by atoms with van der Waals surface area (Å²) < 4.78 is 15.9. The van der Waals surface area contributed by atoms with Gasteiger partial charge in [0.25, 0.3) is 0 Å². The summed E-state index contributed by atoms with van der Waals surface area (Å²) in [5.74, 6) is 0.0794. The number of hydrogen-bond acceptors (Lipinski definition) is 5. The highest BCUT2D eigenvalue weighted by atomic mass is 16.6. The summed E-state index contributed by atoms with van der Waals surface area (Å²) in [4.78, 5) is 26.9. The molecule has 0 bridgehead atoms. The molecule has 3 fully saturated rings. The van der Waals surface area contributed by atoms with Crippen molar-refractivity contribution < 1.29 is 23.8 Å². The summed E-state index contributed by atoms with van der Waals surface area (Å²) in [5.41, 5.74) is -1.06. The number of piperidine rings is 1. The smallest absolute Gasteiger partial charge is 0.407 e. The first kappa shape index (κ1) is 17.5. The number of rotatable bonds is 3. The Labute approximate surface area is 143 Å². The summed E-state index contributed by atoms with van der Waals surface area (Å²) in [6.07, 6.45) is 1.63. The maximum atomic E-state index is 13.0. The van der Waals surface area contributed by atoms with Crippen LogP contribution in [0.4, 0.5) is 4.79 Å². The molecule has 3 aliphatic rings. The Kier molecular flexibility index (Phi) is 4.51. The second kappa shape index (κ2) is 6.19. The molecule has 0 saturated carbocycles. The predicted molar refractivity (Wildman–Crippen MR) is 86.6 cm³/mol. The summed E-state index contributed by atoms with van der Waals surface area (Å²) in [7, 11) is 0. The largest absolute Gasteiger partial charge is 0.444 e. The highest BCUT2D eigenvalue weighted by Gasteiger charge is 2.51. The number of nitrogens with one attached hydrogen (secondary N) is 1. The van der Waals surface area contributed by atoms with Crippen LogP contribution in [0.1, 0.15) is 33.6 Å². The monoisotopic (exact) mass is 340 g/mol. The van der Waals surface area contributed by atoms with Crippen molar-refractivity contribution in [2.24, 2.45) is 10.8 Å². The minimum absolute atomic E-state index is 0.0794. The number of hydrogen-bond donors (Lipinski definition) is 1. The lowest BCUT2D eigenvalue weighted by molar-refractivity contribution is -0.186. The summed E-state index contributed by atoms with van der Waals surface area (Å²) in [5, 5.41) is 2.74. The number of ether oxygens (including phenoxy) is 3. The molecule has 3 aliphatic heterocycles. The van der Waals surface area contributed by atoms with Crippen LogP contribution in [0.5, 0.6) is 0 Å². The molecule has 0 radical (unpaired) electrons. The molecule has 7 heteroatoms. The zero-order chi connectivity index (χ0) is 17.4. The van der Waals surface area contributed by atoms with Crippen molar-refractivity contribution in [2.75, 3.05) is 46.1 Å². The van der Waals surface area contributed by atoms with Crippen LogP contribution >= 0.6 is 0 Å². The van der Waals surface area contributed by atoms with E-state index in [9.17, 15) is 9.59 Å². The van der Waals surface area contributed by atoms with E-state index in [-0.39, 0.29) is 17.9 Å². The molecule has 0 atom stereocenters. The van der Waals surface area contributed by atoms with Crippen molar-refractivity contribution in [1.29, 1.82) is 0 Å². The predicted octanol–water partition coefficient (Wildman–Crippen LogP) is 1.17. The first-order chi connectivity index (χ1) is 11.2. The van der Waals surface area contributed by atoms with E-state index >= 15 is 0 Å². The van der Waals surface area contributed by atoms with Crippen molar-refractivity contribution in [1.82, 2.24) is 10.2 Å². The lowest BCUT2D eigenvalue weighted by Crippen LogP contribution is -2.64. The van der Waals surface area contributed by atoms with Gasteiger partial charge in [0.2, 0.25) is 5.91 Å². The van der Waals surface area contributed by atoms with Gasteiger partial charge in [-0.3, -0.25) is 4.79 Å². The highest BCUT2D eigenvalue weighted by Crippen LogP contribution is 2.39. The molecule has 0 aliphatic carbocycles. The summed E-state index contributed by atoms with van der Waals surface area (Å²) in [6, 6.07) is 0. The lowest BCUT2D eigenvalue weighted by atomic mass is 9.76. The van der Waals surface area contributed by atoms with E-state index in [2.05, 4.69) is 5.32 Å². The van der Waals surface area contributed by atoms with E-state index in [0.717, 1.165) is 39.1 Å². The molecular weight excluding hydrogens is 312 g/mol. The quantitative estimate of drug-likeness (QED) is 0.834. The van der Waals surface area contributed by atoms with Gasteiger partial charge in [-0.2, -0.15) is 0 Å². The van der Waals surface area contributed by atoms with Crippen LogP contribution in [0, 0.1) is 10.8 Å². The molecule has 136 valence electrons. The minimum Gasteiger partial charge on any atom is -0.444 e. The summed E-state index contributed by atoms with van der Waals surface area (Å²) >= 11 is 0. The third-order valence-corrected chi connectivity index (χ3v) is 4.95. The maximum Gasteiger partial charge on any atom is 0.407 e. The average molecular weight is 340 g/mol. The van der Waals surface area contributed by atoms with Gasteiger partial charge in [0.15, 0.2) is 0 Å². The van der Waals surface area contributed by atoms with Crippen molar-refractivity contribution >= 4 is 12.0 Å². The van der Waals surface area contributed by atoms with E-state index in [0.29, 0.717) is 13.2 Å². The zero-order valence-electron chi connectivity index (χ0n) is 14.9. The Bertz CT molecular complexity index is 506. The van der Waals surface area contributed by atoms with Gasteiger partial charge in [0, 0.05) is 25.0 Å². The van der Waals surface area contributed by atoms with Gasteiger partial charge in [0.1, 0.15) is 11.0 Å². The molecule has 0 aromatic rings. The van der Waals surface area contributed by atoms with Gasteiger partial charge >= 0.3 is 6.09 Å². The fourth-order valence-corrected chi connectivity index (χ4v) is 3.55. The zero-order valence-corrected chi connectivity index (χ0v) is 14.9. The van der Waals surface area contributed by atoms with Gasteiger partial charge in [-0.15, -0.1) is 0 Å². The van der Waals surface area contributed by atoms with Crippen LogP contribution in [-0.4, -0.2) is 68.6 Å². The van der Waals surface area contributed by atoms with E-state index < -0.39 is 17.1 Å². The molecule has 7 nitrogen and oxygen atoms in total. The van der Waals surface area contributed by atoms with Crippen molar-refractivity contribution in [3.05, 3.63) is 0 Å². The number of carbonyl (C=O) groups is 2.